The van der Waals surface area contributed by atoms with Crippen LogP contribution < -0.4 is 10.6 Å². The van der Waals surface area contributed by atoms with E-state index in [4.69, 9.17) is 5.11 Å². The van der Waals surface area contributed by atoms with E-state index in [0.29, 0.717) is 11.3 Å². The monoisotopic (exact) mass is 354 g/mol. The Kier molecular flexibility index (Phi) is 6.91. The second-order valence-corrected chi connectivity index (χ2v) is 6.00. The van der Waals surface area contributed by atoms with Gasteiger partial charge in [-0.1, -0.05) is 42.5 Å². The second-order valence-electron chi connectivity index (χ2n) is 6.00. The largest absolute Gasteiger partial charge is 0.481 e. The number of carboxylic acid groups (broad SMARTS) is 1. The predicted molar refractivity (Wildman–Crippen MR) is 98.9 cm³/mol. The lowest BCUT2D eigenvalue weighted by atomic mass is 10.0. The van der Waals surface area contributed by atoms with Gasteiger partial charge in [-0.05, 0) is 30.2 Å². The van der Waals surface area contributed by atoms with E-state index in [1.165, 1.54) is 0 Å². The summed E-state index contributed by atoms with van der Waals surface area (Å²) in [5.41, 5.74) is 2.07. The van der Waals surface area contributed by atoms with E-state index < -0.39 is 11.9 Å². The van der Waals surface area contributed by atoms with Crippen molar-refractivity contribution in [3.8, 4) is 0 Å². The zero-order valence-electron chi connectivity index (χ0n) is 14.6. The van der Waals surface area contributed by atoms with Gasteiger partial charge in [0.25, 0.3) is 0 Å². The Balaban J connectivity index is 1.77. The maximum Gasteiger partial charge on any atom is 0.310 e. The molecule has 2 rings (SSSR count). The van der Waals surface area contributed by atoms with Gasteiger partial charge in [-0.15, -0.1) is 0 Å². The molecule has 0 bridgehead atoms. The predicted octanol–water partition coefficient (Wildman–Crippen LogP) is 2.56. The Labute approximate surface area is 152 Å². The van der Waals surface area contributed by atoms with Crippen LogP contribution in [0.25, 0.3) is 0 Å². The van der Waals surface area contributed by atoms with Crippen molar-refractivity contribution in [2.24, 2.45) is 0 Å². The minimum Gasteiger partial charge on any atom is -0.481 e. The van der Waals surface area contributed by atoms with Gasteiger partial charge in [-0.3, -0.25) is 14.4 Å². The quantitative estimate of drug-likeness (QED) is 0.679. The molecule has 2 aromatic rings. The van der Waals surface area contributed by atoms with Gasteiger partial charge in [0.1, 0.15) is 0 Å². The molecule has 2 aromatic carbocycles. The van der Waals surface area contributed by atoms with Crippen molar-refractivity contribution in [1.82, 2.24) is 5.32 Å². The average molecular weight is 354 g/mol. The number of amides is 2. The zero-order chi connectivity index (χ0) is 18.9. The smallest absolute Gasteiger partial charge is 0.310 e. The first-order valence-electron chi connectivity index (χ1n) is 8.39. The maximum absolute atomic E-state index is 12.0. The van der Waals surface area contributed by atoms with Crippen molar-refractivity contribution in [2.75, 3.05) is 11.9 Å². The molecule has 0 heterocycles. The zero-order valence-corrected chi connectivity index (χ0v) is 14.6. The highest BCUT2D eigenvalue weighted by molar-refractivity contribution is 5.91. The summed E-state index contributed by atoms with van der Waals surface area (Å²) < 4.78 is 0. The molecule has 3 N–H and O–H groups in total. The lowest BCUT2D eigenvalue weighted by Crippen LogP contribution is -2.28. The fourth-order valence-electron chi connectivity index (χ4n) is 2.41. The molecule has 0 saturated carbocycles. The highest BCUT2D eigenvalue weighted by Crippen LogP contribution is 2.19. The number of carbonyl (C=O) groups is 3. The molecule has 0 radical (unpaired) electrons. The van der Waals surface area contributed by atoms with Crippen molar-refractivity contribution in [1.29, 1.82) is 0 Å². The summed E-state index contributed by atoms with van der Waals surface area (Å²) in [6, 6.07) is 16.1. The molecule has 0 aliphatic carbocycles. The van der Waals surface area contributed by atoms with E-state index in [2.05, 4.69) is 10.6 Å². The lowest BCUT2D eigenvalue weighted by molar-refractivity contribution is -0.138. The molecule has 0 spiro atoms. The van der Waals surface area contributed by atoms with E-state index in [1.807, 2.05) is 30.3 Å². The summed E-state index contributed by atoms with van der Waals surface area (Å²) in [4.78, 5) is 34.9. The first-order valence-corrected chi connectivity index (χ1v) is 8.39. The number of benzene rings is 2. The third-order valence-corrected chi connectivity index (χ3v) is 3.92. The fourth-order valence-corrected chi connectivity index (χ4v) is 2.41. The molecule has 26 heavy (non-hydrogen) atoms. The minimum atomic E-state index is -0.922. The standard InChI is InChI=1S/C20H22N2O4/c1-14(20(25)26)16-8-5-9-17(13-16)22-18(23)10-11-21-19(24)12-15-6-3-2-4-7-15/h2-9,13-14H,10-12H2,1H3,(H,21,24)(H,22,23)(H,25,26). The van der Waals surface area contributed by atoms with Crippen molar-refractivity contribution in [2.45, 2.75) is 25.7 Å². The van der Waals surface area contributed by atoms with Crippen LogP contribution in [0, 0.1) is 0 Å². The Hall–Kier alpha value is -3.15. The highest BCUT2D eigenvalue weighted by Gasteiger charge is 2.14. The summed E-state index contributed by atoms with van der Waals surface area (Å²) in [5, 5.41) is 14.5. The van der Waals surface area contributed by atoms with E-state index >= 15 is 0 Å². The SMILES string of the molecule is CC(C(=O)O)c1cccc(NC(=O)CCNC(=O)Cc2ccccc2)c1. The van der Waals surface area contributed by atoms with Crippen LogP contribution in [0.4, 0.5) is 5.69 Å². The van der Waals surface area contributed by atoms with Crippen LogP contribution in [0.5, 0.6) is 0 Å². The molecule has 0 aliphatic rings. The number of aliphatic carboxylic acids is 1. The lowest BCUT2D eigenvalue weighted by Gasteiger charge is -2.10. The fraction of sp³-hybridized carbons (Fsp3) is 0.250. The molecule has 136 valence electrons. The molecule has 1 atom stereocenters. The molecule has 6 heteroatoms. The van der Waals surface area contributed by atoms with Crippen molar-refractivity contribution in [3.05, 3.63) is 65.7 Å². The van der Waals surface area contributed by atoms with Crippen LogP contribution >= 0.6 is 0 Å². The number of hydrogen-bond acceptors (Lipinski definition) is 3. The minimum absolute atomic E-state index is 0.138. The molecule has 0 fully saturated rings. The third kappa shape index (κ3) is 6.05. The van der Waals surface area contributed by atoms with E-state index in [-0.39, 0.29) is 31.2 Å². The molecule has 1 unspecified atom stereocenters. The van der Waals surface area contributed by atoms with Crippen molar-refractivity contribution in [3.63, 3.8) is 0 Å². The maximum atomic E-state index is 12.0. The molecule has 0 saturated heterocycles. The summed E-state index contributed by atoms with van der Waals surface area (Å²) in [7, 11) is 0. The molecule has 6 nitrogen and oxygen atoms in total. The number of carbonyl (C=O) groups excluding carboxylic acids is 2. The average Bonchev–Trinajstić information content (AvgIpc) is 2.62. The van der Waals surface area contributed by atoms with Gasteiger partial charge in [0.05, 0.1) is 12.3 Å². The van der Waals surface area contributed by atoms with Crippen LogP contribution in [0.15, 0.2) is 54.6 Å². The van der Waals surface area contributed by atoms with Gasteiger partial charge in [0, 0.05) is 18.7 Å². The van der Waals surface area contributed by atoms with Crippen LogP contribution in [-0.2, 0) is 20.8 Å². The van der Waals surface area contributed by atoms with E-state index in [0.717, 1.165) is 5.56 Å². The Morgan fingerprint density at radius 1 is 1.00 bits per heavy atom. The van der Waals surface area contributed by atoms with Gasteiger partial charge in [-0.2, -0.15) is 0 Å². The summed E-state index contributed by atoms with van der Waals surface area (Å²) in [5.74, 6) is -1.95. The highest BCUT2D eigenvalue weighted by atomic mass is 16.4. The van der Waals surface area contributed by atoms with Gasteiger partial charge in [0.15, 0.2) is 0 Å². The Bertz CT molecular complexity index is 774. The number of anilines is 1. The van der Waals surface area contributed by atoms with Crippen molar-refractivity contribution < 1.29 is 19.5 Å². The first kappa shape index (κ1) is 19.2. The van der Waals surface area contributed by atoms with Crippen LogP contribution in [0.1, 0.15) is 30.4 Å². The van der Waals surface area contributed by atoms with Gasteiger partial charge >= 0.3 is 5.97 Å². The summed E-state index contributed by atoms with van der Waals surface area (Å²) in [6.45, 7) is 1.83. The Morgan fingerprint density at radius 2 is 1.73 bits per heavy atom. The van der Waals surface area contributed by atoms with Crippen molar-refractivity contribution >= 4 is 23.5 Å². The number of nitrogens with one attached hydrogen (secondary N) is 2. The topological polar surface area (TPSA) is 95.5 Å². The molecule has 2 amide bonds. The molecular weight excluding hydrogens is 332 g/mol. The van der Waals surface area contributed by atoms with Crippen LogP contribution in [-0.4, -0.2) is 29.4 Å². The second kappa shape index (κ2) is 9.36. The molecular formula is C20H22N2O4. The summed E-state index contributed by atoms with van der Waals surface area (Å²) in [6.07, 6.45) is 0.414. The molecule has 0 aliphatic heterocycles. The van der Waals surface area contributed by atoms with E-state index in [9.17, 15) is 14.4 Å². The number of carboxylic acids is 1. The van der Waals surface area contributed by atoms with Gasteiger partial charge in [-0.25, -0.2) is 0 Å². The molecule has 0 aromatic heterocycles. The van der Waals surface area contributed by atoms with Crippen LogP contribution in [0.3, 0.4) is 0 Å². The van der Waals surface area contributed by atoms with Crippen LogP contribution in [0.2, 0.25) is 0 Å². The normalized spacial score (nSPS) is 11.4. The van der Waals surface area contributed by atoms with Gasteiger partial charge in [0.2, 0.25) is 11.8 Å². The third-order valence-electron chi connectivity index (χ3n) is 3.92. The number of rotatable bonds is 8. The number of hydrogen-bond donors (Lipinski definition) is 3. The Morgan fingerprint density at radius 3 is 2.42 bits per heavy atom. The van der Waals surface area contributed by atoms with Gasteiger partial charge < -0.3 is 15.7 Å². The van der Waals surface area contributed by atoms with E-state index in [1.54, 1.807) is 31.2 Å². The first-order chi connectivity index (χ1) is 12.5. The summed E-state index contributed by atoms with van der Waals surface area (Å²) >= 11 is 0.